The van der Waals surface area contributed by atoms with Crippen LogP contribution in [0.15, 0.2) is 85.6 Å². The van der Waals surface area contributed by atoms with Gasteiger partial charge in [0.15, 0.2) is 16.6 Å². The quantitative estimate of drug-likeness (QED) is 0.0324. The molecule has 1 aliphatic carbocycles. The molecule has 2 fully saturated rings. The van der Waals surface area contributed by atoms with Crippen molar-refractivity contribution in [3.8, 4) is 0 Å². The molecule has 0 aromatic rings. The third-order valence-corrected chi connectivity index (χ3v) is 39.8. The van der Waals surface area contributed by atoms with Crippen molar-refractivity contribution in [2.24, 2.45) is 35.5 Å². The molecule has 22 heteroatoms. The van der Waals surface area contributed by atoms with Crippen molar-refractivity contribution in [3.63, 3.8) is 0 Å². The maximum absolute atomic E-state index is 15.7. The van der Waals surface area contributed by atoms with Crippen LogP contribution in [0, 0.1) is 35.5 Å². The molecule has 0 radical (unpaired) electrons. The normalized spacial score (nSPS) is 30.0. The molecular formula is C85H149NO18Si3. The van der Waals surface area contributed by atoms with Gasteiger partial charge in [-0.1, -0.05) is 199 Å². The van der Waals surface area contributed by atoms with Crippen LogP contribution in [0.3, 0.4) is 0 Å². The molecule has 17 atom stereocenters. The third-order valence-electron chi connectivity index (χ3n) is 23.9. The van der Waals surface area contributed by atoms with E-state index in [4.69, 9.17) is 60.6 Å². The van der Waals surface area contributed by atoms with Crippen LogP contribution in [0.2, 0.25) is 52.4 Å². The van der Waals surface area contributed by atoms with E-state index in [0.29, 0.717) is 68.0 Å². The highest BCUT2D eigenvalue weighted by Gasteiger charge is 2.50. The molecule has 1 amide bonds. The zero-order chi connectivity index (χ0) is 80.7. The van der Waals surface area contributed by atoms with Crippen molar-refractivity contribution in [1.82, 2.24) is 4.90 Å². The van der Waals surface area contributed by atoms with Gasteiger partial charge in [-0.2, -0.15) is 0 Å². The van der Waals surface area contributed by atoms with Gasteiger partial charge in [-0.15, -0.1) is 0 Å². The van der Waals surface area contributed by atoms with Crippen LogP contribution in [0.1, 0.15) is 222 Å². The van der Waals surface area contributed by atoms with Gasteiger partial charge in [0.1, 0.15) is 56.4 Å². The first-order chi connectivity index (χ1) is 50.3. The molecule has 3 aliphatic rings. The maximum Gasteiger partial charge on any atom is 0.508 e. The summed E-state index contributed by atoms with van der Waals surface area (Å²) in [6, 6.07) is 0.572. The summed E-state index contributed by atoms with van der Waals surface area (Å²) in [5.41, 5.74) is 3.08. The first-order valence-electron chi connectivity index (χ1n) is 40.5. The molecule has 0 aromatic carbocycles. The van der Waals surface area contributed by atoms with E-state index in [9.17, 15) is 14.4 Å². The van der Waals surface area contributed by atoms with Crippen LogP contribution < -0.4 is 0 Å². The smallest absolute Gasteiger partial charge is 0.460 e. The Morgan fingerprint density at radius 1 is 0.617 bits per heavy atom. The highest BCUT2D eigenvalue weighted by Crippen LogP contribution is 2.47. The van der Waals surface area contributed by atoms with Gasteiger partial charge < -0.3 is 65.5 Å². The van der Waals surface area contributed by atoms with Gasteiger partial charge in [0, 0.05) is 52.7 Å². The summed E-state index contributed by atoms with van der Waals surface area (Å²) in [7, 11) is -2.24. The second kappa shape index (κ2) is 47.0. The fourth-order valence-corrected chi connectivity index (χ4v) is 27.1. The number of methoxy groups -OCH3 is 3. The SMILES string of the molecule is C=CCOC(=O)OC1CC(=O)N2CCCC[C@H]2C(=O)O[C@H]([C@H](C)C[C@@H]2CC[C@@H](O[Si](C(C)C)(C(C)C)C(C)C)[C@H](OC)C2)C[C@H](OC(=O)OCC=C)[C@H](C)/C=C(/C)[C@@H](O[Si](CC)(CC)C(C)C)[C@@H](OC)[C@H](OC(=O)OCC=C)[C@H](C)C[C@H](C)\C=C/C=C\C=C(\C)[C@@H](OC)C[C@@H](O[Si](C)(C)C(C)(C)C)CC[C@H]1C. The molecule has 0 bridgehead atoms. The second-order valence-corrected chi connectivity index (χ2v) is 49.0. The molecule has 0 spiro atoms. The summed E-state index contributed by atoms with van der Waals surface area (Å²) < 4.78 is 84.3. The lowest BCUT2D eigenvalue weighted by atomic mass is 9.78. The summed E-state index contributed by atoms with van der Waals surface area (Å²) in [6.07, 6.45) is 14.3. The molecule has 107 heavy (non-hydrogen) atoms. The van der Waals surface area contributed by atoms with Crippen LogP contribution >= 0.6 is 0 Å². The van der Waals surface area contributed by atoms with E-state index < -0.39 is 98.0 Å². The van der Waals surface area contributed by atoms with Crippen LogP contribution in [0.25, 0.3) is 0 Å². The number of nitrogens with zero attached hydrogens (tertiary/aromatic N) is 1. The second-order valence-electron chi connectivity index (χ2n) is 33.9. The first-order valence-corrected chi connectivity index (χ1v) is 47.9. The van der Waals surface area contributed by atoms with Crippen molar-refractivity contribution >= 4 is 55.3 Å². The Labute approximate surface area is 651 Å². The van der Waals surface area contributed by atoms with Crippen LogP contribution in [-0.2, 0) is 70.2 Å². The van der Waals surface area contributed by atoms with Gasteiger partial charge in [-0.05, 0) is 171 Å². The van der Waals surface area contributed by atoms with Crippen molar-refractivity contribution in [2.45, 2.75) is 341 Å². The van der Waals surface area contributed by atoms with Crippen LogP contribution in [0.4, 0.5) is 14.4 Å². The summed E-state index contributed by atoms with van der Waals surface area (Å²) in [5.74, 6) is -2.44. The maximum atomic E-state index is 15.7. The van der Waals surface area contributed by atoms with Crippen LogP contribution in [0.5, 0.6) is 0 Å². The number of cyclic esters (lactones) is 1. The van der Waals surface area contributed by atoms with Gasteiger partial charge in [0.05, 0.1) is 30.8 Å². The summed E-state index contributed by atoms with van der Waals surface area (Å²) >= 11 is 0. The van der Waals surface area contributed by atoms with E-state index >= 15 is 9.59 Å². The topological polar surface area (TPSA) is 209 Å². The van der Waals surface area contributed by atoms with Crippen LogP contribution in [-0.4, -0.2) is 175 Å². The number of hydrogen-bond acceptors (Lipinski definition) is 18. The molecule has 1 saturated carbocycles. The molecule has 2 aliphatic heterocycles. The number of allylic oxidation sites excluding steroid dienone is 5. The number of esters is 1. The summed E-state index contributed by atoms with van der Waals surface area (Å²) in [4.78, 5) is 74.3. The minimum Gasteiger partial charge on any atom is -0.460 e. The van der Waals surface area contributed by atoms with E-state index in [1.165, 1.54) is 18.2 Å². The number of carbonyl (C=O) groups excluding carboxylic acids is 5. The lowest BCUT2D eigenvalue weighted by Crippen LogP contribution is -2.53. The standard InChI is InChI=1S/C85H149NO18Si3/c1-29-47-95-82(89)99-74-55-73(65(18)52-68-43-45-71(76(53-68)93-25)103-107(58(8)9,59(10)11)60(12)13)98-81(88)70-41-37-38-46-86(70)77(87)56-75(100-83(90)96-48-30-2)63(16)42-44-69(102-105(27,28)85(21,22)23)54-72(92-24)62(15)40-36-34-35-39-61(14)50-66(19)78(101-84(91)97-49-31-3)80(94-26)79(67(20)51-64(74)17)104-106(32-4,33-5)57(6)7/h29-31,34-36,39-40,51,57-61,63-66,68-76,78-80H,1-3,32-33,37-38,41-50,52-56H2,4-28H3/b36-34-,39-35-,62-40-,67-51-/t61-,63-,64-,65-,66-,68+,69+,70+,71-,72+,73+,74+,75?,76-,78-,79-,80+/m1/s1. The average molecular weight is 1560 g/mol. The Balaban J connectivity index is 2.51. The van der Waals surface area contributed by atoms with E-state index in [0.717, 1.165) is 42.5 Å². The predicted molar refractivity (Wildman–Crippen MR) is 437 cm³/mol. The highest BCUT2D eigenvalue weighted by molar-refractivity contribution is 6.77. The van der Waals surface area contributed by atoms with Gasteiger partial charge in [-0.3, -0.25) is 4.79 Å². The largest absolute Gasteiger partial charge is 0.508 e. The number of ether oxygens (including phenoxy) is 10. The summed E-state index contributed by atoms with van der Waals surface area (Å²) in [6.45, 7) is 59.2. The molecule has 2 heterocycles. The minimum absolute atomic E-state index is 0.00681. The molecule has 0 N–H and O–H groups in total. The minimum atomic E-state index is -2.65. The zero-order valence-electron chi connectivity index (χ0n) is 71.2. The Bertz CT molecular complexity index is 2820. The van der Waals surface area contributed by atoms with E-state index in [1.807, 2.05) is 45.1 Å². The molecule has 1 unspecified atom stereocenters. The highest BCUT2D eigenvalue weighted by atomic mass is 28.4. The predicted octanol–water partition coefficient (Wildman–Crippen LogP) is 20.9. The Hall–Kier alpha value is -4.66. The van der Waals surface area contributed by atoms with Crippen molar-refractivity contribution in [3.05, 3.63) is 85.6 Å². The van der Waals surface area contributed by atoms with Crippen molar-refractivity contribution in [1.29, 1.82) is 0 Å². The number of carbonyl (C=O) groups is 5. The molecule has 3 rings (SSSR count). The Morgan fingerprint density at radius 2 is 1.20 bits per heavy atom. The third kappa shape index (κ3) is 29.4. The van der Waals surface area contributed by atoms with Gasteiger partial charge in [0.2, 0.25) is 14.2 Å². The Kier molecular flexibility index (Phi) is 42.4. The molecule has 19 nitrogen and oxygen atoms in total. The fourth-order valence-electron chi connectivity index (χ4n) is 16.5. The number of piperidine rings is 1. The number of amides is 1. The van der Waals surface area contributed by atoms with Gasteiger partial charge in [-0.25, -0.2) is 19.2 Å². The van der Waals surface area contributed by atoms with Crippen molar-refractivity contribution in [2.75, 3.05) is 47.7 Å². The van der Waals surface area contributed by atoms with E-state index in [-0.39, 0.29) is 110 Å². The summed E-state index contributed by atoms with van der Waals surface area (Å²) in [5, 5.41) is -0.116. The molecule has 1 saturated heterocycles. The fraction of sp³-hybridized carbons (Fsp3) is 0.776. The number of fused-ring (bicyclic) bond motifs is 1. The Morgan fingerprint density at radius 3 is 1.72 bits per heavy atom. The average Bonchev–Trinajstić information content (AvgIpc) is 0.797. The lowest BCUT2D eigenvalue weighted by Gasteiger charge is -2.48. The molecular weight excluding hydrogens is 1410 g/mol. The number of rotatable bonds is 27. The monoisotopic (exact) mass is 1560 g/mol. The van der Waals surface area contributed by atoms with Crippen molar-refractivity contribution < 1.29 is 84.6 Å². The van der Waals surface area contributed by atoms with Gasteiger partial charge >= 0.3 is 24.4 Å². The molecule has 614 valence electrons. The first kappa shape index (κ1) is 96.5. The van der Waals surface area contributed by atoms with Gasteiger partial charge in [0.25, 0.3) is 0 Å². The van der Waals surface area contributed by atoms with E-state index in [2.05, 4.69) is 163 Å². The van der Waals surface area contributed by atoms with E-state index in [1.54, 1.807) is 26.2 Å². The molecule has 0 aromatic heterocycles. The zero-order valence-corrected chi connectivity index (χ0v) is 74.2. The lowest BCUT2D eigenvalue weighted by molar-refractivity contribution is -0.166. The number of hydrogen-bond donors (Lipinski definition) is 0.